The van der Waals surface area contributed by atoms with Crippen LogP contribution in [-0.2, 0) is 6.54 Å². The van der Waals surface area contributed by atoms with Crippen LogP contribution in [-0.4, -0.2) is 11.7 Å². The molecule has 0 heterocycles. The average Bonchev–Trinajstić information content (AvgIpc) is 2.48. The van der Waals surface area contributed by atoms with Crippen molar-refractivity contribution in [2.75, 3.05) is 11.9 Å². The molecule has 3 nitrogen and oxygen atoms in total. The second kappa shape index (κ2) is 7.64. The Morgan fingerprint density at radius 1 is 1.14 bits per heavy atom. The fourth-order valence-corrected chi connectivity index (χ4v) is 2.17. The van der Waals surface area contributed by atoms with Crippen molar-refractivity contribution in [2.24, 2.45) is 0 Å². The van der Waals surface area contributed by atoms with Gasteiger partial charge in [-0.1, -0.05) is 29.8 Å². The molecule has 0 spiro atoms. The quantitative estimate of drug-likeness (QED) is 0.821. The summed E-state index contributed by atoms with van der Waals surface area (Å²) in [6.45, 7) is 5.43. The minimum absolute atomic E-state index is 0.612. The first-order valence-corrected chi connectivity index (χ1v) is 7.41. The summed E-state index contributed by atoms with van der Waals surface area (Å²) in [7, 11) is 0. The Hall–Kier alpha value is -2.07. The molecule has 2 aromatic rings. The van der Waals surface area contributed by atoms with E-state index in [1.807, 2.05) is 31.2 Å². The van der Waals surface area contributed by atoms with E-state index in [2.05, 4.69) is 41.8 Å². The van der Waals surface area contributed by atoms with Gasteiger partial charge in [0.25, 0.3) is 0 Å². The van der Waals surface area contributed by atoms with E-state index in [0.29, 0.717) is 18.3 Å². The highest BCUT2D eigenvalue weighted by molar-refractivity contribution is 7.80. The van der Waals surface area contributed by atoms with Crippen molar-refractivity contribution in [3.05, 3.63) is 59.7 Å². The van der Waals surface area contributed by atoms with Crippen LogP contribution in [0.1, 0.15) is 18.1 Å². The zero-order valence-electron chi connectivity index (χ0n) is 12.3. The van der Waals surface area contributed by atoms with Crippen molar-refractivity contribution >= 4 is 23.0 Å². The fourth-order valence-electron chi connectivity index (χ4n) is 1.98. The number of rotatable bonds is 5. The van der Waals surface area contributed by atoms with E-state index < -0.39 is 0 Å². The maximum atomic E-state index is 5.41. The predicted molar refractivity (Wildman–Crippen MR) is 91.9 cm³/mol. The highest BCUT2D eigenvalue weighted by Gasteiger charge is 1.99. The second-order valence-electron chi connectivity index (χ2n) is 4.75. The van der Waals surface area contributed by atoms with E-state index in [1.165, 1.54) is 11.1 Å². The fraction of sp³-hybridized carbons (Fsp3) is 0.235. The summed E-state index contributed by atoms with van der Waals surface area (Å²) >= 11 is 5.30. The molecule has 0 radical (unpaired) electrons. The largest absolute Gasteiger partial charge is 0.494 e. The third kappa shape index (κ3) is 5.08. The van der Waals surface area contributed by atoms with Gasteiger partial charge < -0.3 is 15.4 Å². The lowest BCUT2D eigenvalue weighted by molar-refractivity contribution is 0.340. The molecule has 0 aliphatic carbocycles. The molecule has 21 heavy (non-hydrogen) atoms. The maximum Gasteiger partial charge on any atom is 0.171 e. The van der Waals surface area contributed by atoms with Gasteiger partial charge in [-0.05, 0) is 55.9 Å². The van der Waals surface area contributed by atoms with E-state index in [-0.39, 0.29) is 0 Å². The molecule has 0 aromatic heterocycles. The molecule has 0 fully saturated rings. The van der Waals surface area contributed by atoms with Crippen LogP contribution >= 0.6 is 12.2 Å². The third-order valence-corrected chi connectivity index (χ3v) is 3.21. The normalized spacial score (nSPS) is 10.0. The summed E-state index contributed by atoms with van der Waals surface area (Å²) in [6, 6.07) is 16.1. The summed E-state index contributed by atoms with van der Waals surface area (Å²) in [5, 5.41) is 6.98. The van der Waals surface area contributed by atoms with E-state index in [9.17, 15) is 0 Å². The lowest BCUT2D eigenvalue weighted by atomic mass is 10.1. The number of aryl methyl sites for hydroxylation is 1. The SMILES string of the molecule is CCOc1ccc(NC(=S)NCc2cccc(C)c2)cc1. The molecule has 2 rings (SSSR count). The van der Waals surface area contributed by atoms with Gasteiger partial charge in [0.05, 0.1) is 6.61 Å². The first-order chi connectivity index (χ1) is 10.2. The van der Waals surface area contributed by atoms with E-state index in [0.717, 1.165) is 11.4 Å². The van der Waals surface area contributed by atoms with Crippen molar-refractivity contribution in [1.29, 1.82) is 0 Å². The van der Waals surface area contributed by atoms with Crippen LogP contribution in [0.4, 0.5) is 5.69 Å². The van der Waals surface area contributed by atoms with Crippen molar-refractivity contribution in [3.8, 4) is 5.75 Å². The van der Waals surface area contributed by atoms with Gasteiger partial charge in [-0.3, -0.25) is 0 Å². The Labute approximate surface area is 131 Å². The number of hydrogen-bond donors (Lipinski definition) is 2. The van der Waals surface area contributed by atoms with Crippen LogP contribution in [0, 0.1) is 6.92 Å². The van der Waals surface area contributed by atoms with Crippen LogP contribution in [0.5, 0.6) is 5.75 Å². The first-order valence-electron chi connectivity index (χ1n) is 7.00. The van der Waals surface area contributed by atoms with Gasteiger partial charge in [-0.2, -0.15) is 0 Å². The monoisotopic (exact) mass is 300 g/mol. The Kier molecular flexibility index (Phi) is 5.58. The predicted octanol–water partition coefficient (Wildman–Crippen LogP) is 3.88. The van der Waals surface area contributed by atoms with Gasteiger partial charge >= 0.3 is 0 Å². The zero-order valence-corrected chi connectivity index (χ0v) is 13.2. The lowest BCUT2D eigenvalue weighted by Gasteiger charge is -2.11. The third-order valence-electron chi connectivity index (χ3n) is 2.96. The molecule has 0 saturated carbocycles. The molecule has 0 bridgehead atoms. The molecular formula is C17H20N2OS. The number of anilines is 1. The molecule has 0 amide bonds. The van der Waals surface area contributed by atoms with Crippen LogP contribution in [0.2, 0.25) is 0 Å². The minimum atomic E-state index is 0.612. The molecule has 0 aliphatic heterocycles. The summed E-state index contributed by atoms with van der Waals surface area (Å²) in [6.07, 6.45) is 0. The van der Waals surface area contributed by atoms with Crippen molar-refractivity contribution in [2.45, 2.75) is 20.4 Å². The van der Waals surface area contributed by atoms with Gasteiger partial charge in [0.1, 0.15) is 5.75 Å². The second-order valence-corrected chi connectivity index (χ2v) is 5.16. The first kappa shape index (κ1) is 15.3. The van der Waals surface area contributed by atoms with Crippen molar-refractivity contribution in [3.63, 3.8) is 0 Å². The topological polar surface area (TPSA) is 33.3 Å². The van der Waals surface area contributed by atoms with Gasteiger partial charge in [0, 0.05) is 12.2 Å². The van der Waals surface area contributed by atoms with Crippen LogP contribution < -0.4 is 15.4 Å². The summed E-state index contributed by atoms with van der Waals surface area (Å²) in [4.78, 5) is 0. The van der Waals surface area contributed by atoms with Crippen LogP contribution in [0.15, 0.2) is 48.5 Å². The maximum absolute atomic E-state index is 5.41. The highest BCUT2D eigenvalue weighted by atomic mass is 32.1. The number of thiocarbonyl (C=S) groups is 1. The standard InChI is InChI=1S/C17H20N2OS/c1-3-20-16-9-7-15(8-10-16)19-17(21)18-12-14-6-4-5-13(2)11-14/h4-11H,3,12H2,1-2H3,(H2,18,19,21). The Bertz CT molecular complexity index is 596. The Balaban J connectivity index is 1.84. The van der Waals surface area contributed by atoms with Gasteiger partial charge in [-0.25, -0.2) is 0 Å². The number of hydrogen-bond acceptors (Lipinski definition) is 2. The summed E-state index contributed by atoms with van der Waals surface area (Å²) in [5.74, 6) is 0.863. The van der Waals surface area contributed by atoms with Crippen molar-refractivity contribution < 1.29 is 4.74 Å². The lowest BCUT2D eigenvalue weighted by Crippen LogP contribution is -2.27. The molecule has 0 aliphatic rings. The average molecular weight is 300 g/mol. The molecule has 4 heteroatoms. The van der Waals surface area contributed by atoms with Crippen LogP contribution in [0.3, 0.4) is 0 Å². The molecule has 2 aromatic carbocycles. The molecule has 110 valence electrons. The molecule has 0 atom stereocenters. The number of nitrogens with one attached hydrogen (secondary N) is 2. The molecule has 0 unspecified atom stereocenters. The van der Waals surface area contributed by atoms with Crippen LogP contribution in [0.25, 0.3) is 0 Å². The van der Waals surface area contributed by atoms with E-state index >= 15 is 0 Å². The van der Waals surface area contributed by atoms with E-state index in [4.69, 9.17) is 17.0 Å². The molecule has 0 saturated heterocycles. The van der Waals surface area contributed by atoms with Crippen molar-refractivity contribution in [1.82, 2.24) is 5.32 Å². The number of benzene rings is 2. The molecular weight excluding hydrogens is 280 g/mol. The van der Waals surface area contributed by atoms with E-state index in [1.54, 1.807) is 0 Å². The Morgan fingerprint density at radius 3 is 2.57 bits per heavy atom. The summed E-state index contributed by atoms with van der Waals surface area (Å²) in [5.41, 5.74) is 3.41. The molecule has 2 N–H and O–H groups in total. The van der Waals surface area contributed by atoms with Gasteiger partial charge in [0.2, 0.25) is 0 Å². The summed E-state index contributed by atoms with van der Waals surface area (Å²) < 4.78 is 5.41. The zero-order chi connectivity index (χ0) is 15.1. The van der Waals surface area contributed by atoms with Gasteiger partial charge in [0.15, 0.2) is 5.11 Å². The Morgan fingerprint density at radius 2 is 1.90 bits per heavy atom. The van der Waals surface area contributed by atoms with Gasteiger partial charge in [-0.15, -0.1) is 0 Å². The number of ether oxygens (including phenoxy) is 1. The minimum Gasteiger partial charge on any atom is -0.494 e. The highest BCUT2D eigenvalue weighted by Crippen LogP contribution is 2.15. The smallest absolute Gasteiger partial charge is 0.171 e.